The number of rotatable bonds is 2. The van der Waals surface area contributed by atoms with E-state index in [1.165, 1.54) is 18.4 Å². The molecule has 0 radical (unpaired) electrons. The highest BCUT2D eigenvalue weighted by Crippen LogP contribution is 2.36. The number of ether oxygens (including phenoxy) is 1. The molecule has 100 valence electrons. The number of thiophene rings is 1. The van der Waals surface area contributed by atoms with Crippen LogP contribution in [0, 0.1) is 0 Å². The van der Waals surface area contributed by atoms with Gasteiger partial charge in [-0.2, -0.15) is 0 Å². The van der Waals surface area contributed by atoms with Gasteiger partial charge in [-0.15, -0.1) is 11.3 Å². The predicted molar refractivity (Wildman–Crippen MR) is 83.0 cm³/mol. The zero-order chi connectivity index (χ0) is 14.1. The summed E-state index contributed by atoms with van der Waals surface area (Å²) in [5, 5.41) is 1.34. The van der Waals surface area contributed by atoms with Gasteiger partial charge >= 0.3 is 5.97 Å². The summed E-state index contributed by atoms with van der Waals surface area (Å²) in [6.07, 6.45) is 0. The van der Waals surface area contributed by atoms with E-state index in [-0.39, 0.29) is 5.97 Å². The molecule has 1 heterocycles. The number of benzene rings is 2. The van der Waals surface area contributed by atoms with Gasteiger partial charge in [-0.25, -0.2) is 4.79 Å². The molecule has 4 heteroatoms. The van der Waals surface area contributed by atoms with E-state index in [0.717, 1.165) is 21.2 Å². The molecule has 0 spiro atoms. The van der Waals surface area contributed by atoms with E-state index in [1.807, 2.05) is 30.3 Å². The Labute approximate surface area is 120 Å². The van der Waals surface area contributed by atoms with Gasteiger partial charge < -0.3 is 10.5 Å². The SMILES string of the molecule is COC(=O)c1c(N)sc2cc(-c3ccccc3)ccc12. The Bertz CT molecular complexity index is 778. The minimum atomic E-state index is -0.388. The number of hydrogen-bond donors (Lipinski definition) is 1. The lowest BCUT2D eigenvalue weighted by molar-refractivity contribution is 0.0604. The van der Waals surface area contributed by atoms with Gasteiger partial charge in [-0.3, -0.25) is 0 Å². The predicted octanol–water partition coefficient (Wildman–Crippen LogP) is 3.94. The van der Waals surface area contributed by atoms with Crippen LogP contribution < -0.4 is 5.73 Å². The van der Waals surface area contributed by atoms with Gasteiger partial charge in [0.2, 0.25) is 0 Å². The molecule has 0 unspecified atom stereocenters. The molecule has 0 atom stereocenters. The molecule has 0 aliphatic heterocycles. The van der Waals surface area contributed by atoms with Crippen molar-refractivity contribution in [3.05, 3.63) is 54.1 Å². The van der Waals surface area contributed by atoms with Crippen molar-refractivity contribution in [2.45, 2.75) is 0 Å². The first-order valence-electron chi connectivity index (χ1n) is 6.16. The molecule has 3 rings (SSSR count). The lowest BCUT2D eigenvalue weighted by atomic mass is 10.0. The molecular formula is C16H13NO2S. The van der Waals surface area contributed by atoms with Crippen LogP contribution in [-0.2, 0) is 4.74 Å². The number of methoxy groups -OCH3 is 1. The zero-order valence-electron chi connectivity index (χ0n) is 10.9. The average Bonchev–Trinajstić information content (AvgIpc) is 2.82. The summed E-state index contributed by atoms with van der Waals surface area (Å²) in [6.45, 7) is 0. The number of esters is 1. The van der Waals surface area contributed by atoms with Crippen molar-refractivity contribution in [2.75, 3.05) is 12.8 Å². The Morgan fingerprint density at radius 2 is 1.85 bits per heavy atom. The van der Waals surface area contributed by atoms with Gasteiger partial charge in [-0.1, -0.05) is 42.5 Å². The van der Waals surface area contributed by atoms with Crippen molar-refractivity contribution in [2.24, 2.45) is 0 Å². The summed E-state index contributed by atoms with van der Waals surface area (Å²) in [5.74, 6) is -0.388. The average molecular weight is 283 g/mol. The van der Waals surface area contributed by atoms with Crippen LogP contribution in [0.5, 0.6) is 0 Å². The molecule has 0 bridgehead atoms. The molecule has 0 aliphatic carbocycles. The molecule has 0 amide bonds. The Kier molecular flexibility index (Phi) is 3.16. The van der Waals surface area contributed by atoms with Crippen molar-refractivity contribution in [3.8, 4) is 11.1 Å². The fourth-order valence-electron chi connectivity index (χ4n) is 2.24. The van der Waals surface area contributed by atoms with E-state index in [4.69, 9.17) is 10.5 Å². The molecule has 2 N–H and O–H groups in total. The lowest BCUT2D eigenvalue weighted by Gasteiger charge is -2.02. The lowest BCUT2D eigenvalue weighted by Crippen LogP contribution is -2.02. The van der Waals surface area contributed by atoms with Crippen molar-refractivity contribution >= 4 is 32.4 Å². The zero-order valence-corrected chi connectivity index (χ0v) is 11.7. The highest BCUT2D eigenvalue weighted by Gasteiger charge is 2.17. The van der Waals surface area contributed by atoms with Gasteiger partial charge in [0.25, 0.3) is 0 Å². The summed E-state index contributed by atoms with van der Waals surface area (Å²) in [4.78, 5) is 11.8. The molecule has 0 saturated heterocycles. The molecule has 0 aliphatic rings. The van der Waals surface area contributed by atoms with Crippen molar-refractivity contribution in [1.82, 2.24) is 0 Å². The second-order valence-corrected chi connectivity index (χ2v) is 5.49. The smallest absolute Gasteiger partial charge is 0.341 e. The number of carbonyl (C=O) groups is 1. The Balaban J connectivity index is 2.17. The highest BCUT2D eigenvalue weighted by molar-refractivity contribution is 7.23. The minimum Gasteiger partial charge on any atom is -0.465 e. The maximum Gasteiger partial charge on any atom is 0.341 e. The third kappa shape index (κ3) is 2.04. The quantitative estimate of drug-likeness (QED) is 0.725. The summed E-state index contributed by atoms with van der Waals surface area (Å²) < 4.78 is 5.78. The Morgan fingerprint density at radius 3 is 2.55 bits per heavy atom. The van der Waals surface area contributed by atoms with Gasteiger partial charge in [0, 0.05) is 10.1 Å². The third-order valence-corrected chi connectivity index (χ3v) is 4.20. The number of nitrogens with two attached hydrogens (primary N) is 1. The first-order valence-corrected chi connectivity index (χ1v) is 6.98. The van der Waals surface area contributed by atoms with E-state index in [9.17, 15) is 4.79 Å². The largest absolute Gasteiger partial charge is 0.465 e. The Hall–Kier alpha value is -2.33. The van der Waals surface area contributed by atoms with Crippen molar-refractivity contribution in [3.63, 3.8) is 0 Å². The summed E-state index contributed by atoms with van der Waals surface area (Å²) in [5.41, 5.74) is 8.65. The normalized spacial score (nSPS) is 10.7. The van der Waals surface area contributed by atoms with Crippen LogP contribution in [0.2, 0.25) is 0 Å². The first-order chi connectivity index (χ1) is 9.70. The molecule has 20 heavy (non-hydrogen) atoms. The van der Waals surface area contributed by atoms with Crippen LogP contribution in [0.3, 0.4) is 0 Å². The topological polar surface area (TPSA) is 52.3 Å². The number of hydrogen-bond acceptors (Lipinski definition) is 4. The van der Waals surface area contributed by atoms with Gasteiger partial charge in [0.15, 0.2) is 0 Å². The second kappa shape index (κ2) is 4.98. The van der Waals surface area contributed by atoms with Crippen LogP contribution in [-0.4, -0.2) is 13.1 Å². The van der Waals surface area contributed by atoms with Crippen molar-refractivity contribution < 1.29 is 9.53 Å². The van der Waals surface area contributed by atoms with Gasteiger partial charge in [0.1, 0.15) is 10.6 Å². The molecule has 1 aromatic heterocycles. The second-order valence-electron chi connectivity index (χ2n) is 4.41. The molecule has 0 saturated carbocycles. The maximum atomic E-state index is 11.8. The monoisotopic (exact) mass is 283 g/mol. The van der Waals surface area contributed by atoms with Gasteiger partial charge in [0.05, 0.1) is 7.11 Å². The number of anilines is 1. The van der Waals surface area contributed by atoms with Gasteiger partial charge in [-0.05, 0) is 17.2 Å². The molecule has 3 aromatic rings. The van der Waals surface area contributed by atoms with Crippen LogP contribution in [0.4, 0.5) is 5.00 Å². The molecule has 3 nitrogen and oxygen atoms in total. The number of nitrogen functional groups attached to an aromatic ring is 1. The van der Waals surface area contributed by atoms with Crippen LogP contribution in [0.25, 0.3) is 21.2 Å². The van der Waals surface area contributed by atoms with E-state index < -0.39 is 0 Å². The fraction of sp³-hybridized carbons (Fsp3) is 0.0625. The first kappa shape index (κ1) is 12.7. The maximum absolute atomic E-state index is 11.8. The number of fused-ring (bicyclic) bond motifs is 1. The Morgan fingerprint density at radius 1 is 1.10 bits per heavy atom. The summed E-state index contributed by atoms with van der Waals surface area (Å²) >= 11 is 1.41. The minimum absolute atomic E-state index is 0.388. The third-order valence-electron chi connectivity index (χ3n) is 3.21. The highest BCUT2D eigenvalue weighted by atomic mass is 32.1. The molecular weight excluding hydrogens is 270 g/mol. The van der Waals surface area contributed by atoms with Crippen molar-refractivity contribution in [1.29, 1.82) is 0 Å². The van der Waals surface area contributed by atoms with E-state index in [1.54, 1.807) is 0 Å². The standard InChI is InChI=1S/C16H13NO2S/c1-19-16(18)14-12-8-7-11(9-13(12)20-15(14)17)10-5-3-2-4-6-10/h2-9H,17H2,1H3. The summed E-state index contributed by atoms with van der Waals surface area (Å²) in [7, 11) is 1.36. The van der Waals surface area contributed by atoms with E-state index in [2.05, 4.69) is 18.2 Å². The fourth-order valence-corrected chi connectivity index (χ4v) is 3.24. The van der Waals surface area contributed by atoms with E-state index >= 15 is 0 Å². The van der Waals surface area contributed by atoms with Crippen LogP contribution in [0.15, 0.2) is 48.5 Å². The van der Waals surface area contributed by atoms with Crippen LogP contribution >= 0.6 is 11.3 Å². The number of carbonyl (C=O) groups excluding carboxylic acids is 1. The molecule has 2 aromatic carbocycles. The van der Waals surface area contributed by atoms with Crippen LogP contribution in [0.1, 0.15) is 10.4 Å². The molecule has 0 fully saturated rings. The van der Waals surface area contributed by atoms with E-state index in [0.29, 0.717) is 10.6 Å². The summed E-state index contributed by atoms with van der Waals surface area (Å²) in [6, 6.07) is 16.1.